The number of rotatable bonds is 3. The van der Waals surface area contributed by atoms with Gasteiger partial charge in [-0.1, -0.05) is 62.3 Å². The monoisotopic (exact) mass is 406 g/mol. The average molecular weight is 407 g/mol. The molecule has 0 unspecified atom stereocenters. The van der Waals surface area contributed by atoms with E-state index in [0.29, 0.717) is 6.42 Å². The fourth-order valence-electron chi connectivity index (χ4n) is 4.17. The van der Waals surface area contributed by atoms with E-state index in [1.54, 1.807) is 7.11 Å². The molecule has 3 atom stereocenters. The molecular weight excluding hydrogens is 368 g/mol. The van der Waals surface area contributed by atoms with Gasteiger partial charge < -0.3 is 4.74 Å². The highest BCUT2D eigenvalue weighted by molar-refractivity contribution is 7.86. The summed E-state index contributed by atoms with van der Waals surface area (Å²) in [5.74, 6) is 1.15. The zero-order valence-corrected chi connectivity index (χ0v) is 20.2. The zero-order chi connectivity index (χ0) is 21.7. The summed E-state index contributed by atoms with van der Waals surface area (Å²) in [5.41, 5.74) is 1.73. The minimum Gasteiger partial charge on any atom is -0.496 e. The number of methoxy groups -OCH3 is 1. The smallest absolute Gasteiger partial charge is 0.149 e. The van der Waals surface area contributed by atoms with Crippen molar-refractivity contribution < 1.29 is 13.7 Å². The molecule has 0 spiro atoms. The van der Waals surface area contributed by atoms with Gasteiger partial charge in [0.25, 0.3) is 0 Å². The third-order valence-corrected chi connectivity index (χ3v) is 7.60. The lowest BCUT2D eigenvalue weighted by molar-refractivity contribution is -0.117. The van der Waals surface area contributed by atoms with Crippen LogP contribution >= 0.6 is 0 Å². The molecule has 1 fully saturated rings. The van der Waals surface area contributed by atoms with Crippen LogP contribution < -0.4 is 4.74 Å². The van der Waals surface area contributed by atoms with Gasteiger partial charge in [-0.15, -0.1) is 0 Å². The second-order valence-corrected chi connectivity index (χ2v) is 12.8. The maximum Gasteiger partial charge on any atom is 0.149 e. The minimum absolute atomic E-state index is 0.0430. The van der Waals surface area contributed by atoms with Crippen LogP contribution in [0.4, 0.5) is 0 Å². The Morgan fingerprint density at radius 1 is 0.929 bits per heavy atom. The molecule has 158 valence electrons. The molecule has 0 bridgehead atoms. The average Bonchev–Trinajstić information content (AvgIpc) is 2.93. The van der Waals surface area contributed by atoms with E-state index in [9.17, 15) is 9.00 Å². The molecule has 0 heterocycles. The number of carbonyl (C=O) groups excluding carboxylic acids is 1. The molecule has 0 amide bonds. The van der Waals surface area contributed by atoms with Crippen molar-refractivity contribution in [2.24, 2.45) is 11.3 Å². The number of benzene rings is 1. The van der Waals surface area contributed by atoms with Gasteiger partial charge in [0.2, 0.25) is 0 Å². The molecule has 0 aromatic heterocycles. The van der Waals surface area contributed by atoms with E-state index in [4.69, 9.17) is 4.74 Å². The summed E-state index contributed by atoms with van der Waals surface area (Å²) < 4.78 is 19.5. The van der Waals surface area contributed by atoms with E-state index in [1.807, 2.05) is 12.1 Å². The maximum atomic E-state index is 13.7. The predicted octanol–water partition coefficient (Wildman–Crippen LogP) is 5.79. The highest BCUT2D eigenvalue weighted by Gasteiger charge is 2.45. The van der Waals surface area contributed by atoms with Crippen molar-refractivity contribution in [1.29, 1.82) is 0 Å². The summed E-state index contributed by atoms with van der Waals surface area (Å²) in [6.45, 7) is 19.3. The van der Waals surface area contributed by atoms with Gasteiger partial charge in [0, 0.05) is 22.4 Å². The van der Waals surface area contributed by atoms with Crippen LogP contribution in [0.2, 0.25) is 0 Å². The standard InChI is InChI=1S/C24H38O3S/c1-22(2,3)16-11-12-19(25)21(16)28(26)15-13-17(23(4,5)6)20(27-10)18(14-15)24(7,8)9/h13-14,16,21H,11-12H2,1-10H3/t16-,21+,28-/m1/s1. The first-order valence-electron chi connectivity index (χ1n) is 10.3. The summed E-state index contributed by atoms with van der Waals surface area (Å²) in [5, 5.41) is -0.422. The lowest BCUT2D eigenvalue weighted by Gasteiger charge is -2.32. The fourth-order valence-corrected chi connectivity index (χ4v) is 6.13. The van der Waals surface area contributed by atoms with Crippen LogP contribution in [0, 0.1) is 11.3 Å². The first-order valence-corrected chi connectivity index (χ1v) is 11.5. The number of Topliss-reactive ketones (excluding diaryl/α,β-unsaturated/α-hetero) is 1. The van der Waals surface area contributed by atoms with Crippen molar-refractivity contribution in [3.05, 3.63) is 23.3 Å². The Bertz CT molecular complexity index is 738. The second-order valence-electron chi connectivity index (χ2n) is 11.2. The summed E-state index contributed by atoms with van der Waals surface area (Å²) in [7, 11) is 0.330. The van der Waals surface area contributed by atoms with Gasteiger partial charge in [-0.3, -0.25) is 9.00 Å². The Hall–Kier alpha value is -1.16. The van der Waals surface area contributed by atoms with Gasteiger partial charge in [0.1, 0.15) is 16.8 Å². The van der Waals surface area contributed by atoms with Gasteiger partial charge in [-0.2, -0.15) is 0 Å². The van der Waals surface area contributed by atoms with Crippen LogP contribution in [-0.2, 0) is 26.4 Å². The molecular formula is C24H38O3S. The van der Waals surface area contributed by atoms with Crippen LogP contribution in [0.5, 0.6) is 5.75 Å². The molecule has 0 saturated heterocycles. The number of hydrogen-bond donors (Lipinski definition) is 0. The molecule has 3 nitrogen and oxygen atoms in total. The first kappa shape index (κ1) is 23.1. The van der Waals surface area contributed by atoms with Crippen molar-refractivity contribution in [3.8, 4) is 5.75 Å². The highest BCUT2D eigenvalue weighted by atomic mass is 32.2. The molecule has 2 rings (SSSR count). The van der Waals surface area contributed by atoms with Crippen LogP contribution in [0.3, 0.4) is 0 Å². The second kappa shape index (κ2) is 7.59. The van der Waals surface area contributed by atoms with Crippen LogP contribution in [0.25, 0.3) is 0 Å². The lowest BCUT2D eigenvalue weighted by Crippen LogP contribution is -2.35. The van der Waals surface area contributed by atoms with Gasteiger partial charge in [-0.05, 0) is 40.7 Å². The number of carbonyl (C=O) groups is 1. The Kier molecular flexibility index (Phi) is 6.27. The fraction of sp³-hybridized carbons (Fsp3) is 0.708. The normalized spacial score (nSPS) is 22.4. The van der Waals surface area contributed by atoms with Gasteiger partial charge in [0.15, 0.2) is 0 Å². The maximum absolute atomic E-state index is 13.7. The van der Waals surface area contributed by atoms with Crippen LogP contribution in [0.1, 0.15) is 86.3 Å². The molecule has 0 aliphatic heterocycles. The molecule has 0 radical (unpaired) electrons. The van der Waals surface area contributed by atoms with Crippen molar-refractivity contribution in [1.82, 2.24) is 0 Å². The van der Waals surface area contributed by atoms with E-state index >= 15 is 0 Å². The molecule has 28 heavy (non-hydrogen) atoms. The van der Waals surface area contributed by atoms with Crippen molar-refractivity contribution in [2.75, 3.05) is 7.11 Å². The predicted molar refractivity (Wildman–Crippen MR) is 118 cm³/mol. The first-order chi connectivity index (χ1) is 12.6. The third kappa shape index (κ3) is 4.53. The molecule has 1 saturated carbocycles. The van der Waals surface area contributed by atoms with Crippen molar-refractivity contribution in [2.45, 2.75) is 96.1 Å². The van der Waals surface area contributed by atoms with E-state index < -0.39 is 16.0 Å². The Morgan fingerprint density at radius 2 is 1.39 bits per heavy atom. The topological polar surface area (TPSA) is 43.4 Å². The van der Waals surface area contributed by atoms with Crippen molar-refractivity contribution >= 4 is 16.6 Å². The summed E-state index contributed by atoms with van der Waals surface area (Å²) in [6, 6.07) is 4.02. The number of ether oxygens (including phenoxy) is 1. The van der Waals surface area contributed by atoms with Gasteiger partial charge in [-0.25, -0.2) is 0 Å². The van der Waals surface area contributed by atoms with Crippen molar-refractivity contribution in [3.63, 3.8) is 0 Å². The molecule has 1 aromatic carbocycles. The molecule has 0 N–H and O–H groups in total. The third-order valence-electron chi connectivity index (χ3n) is 5.84. The summed E-state index contributed by atoms with van der Waals surface area (Å²) in [6.07, 6.45) is 1.36. The highest BCUT2D eigenvalue weighted by Crippen LogP contribution is 2.45. The van der Waals surface area contributed by atoms with Crippen LogP contribution in [0.15, 0.2) is 17.0 Å². The Morgan fingerprint density at radius 3 is 1.75 bits per heavy atom. The van der Waals surface area contributed by atoms with Gasteiger partial charge >= 0.3 is 0 Å². The van der Waals surface area contributed by atoms with Crippen LogP contribution in [-0.4, -0.2) is 22.4 Å². The molecule has 1 aliphatic carbocycles. The molecule has 1 aromatic rings. The largest absolute Gasteiger partial charge is 0.496 e. The van der Waals surface area contributed by atoms with E-state index in [1.165, 1.54) is 0 Å². The summed E-state index contributed by atoms with van der Waals surface area (Å²) in [4.78, 5) is 13.5. The van der Waals surface area contributed by atoms with Gasteiger partial charge in [0.05, 0.1) is 17.9 Å². The zero-order valence-electron chi connectivity index (χ0n) is 19.4. The number of ketones is 1. The van der Waals surface area contributed by atoms with E-state index in [-0.39, 0.29) is 27.9 Å². The molecule has 1 aliphatic rings. The molecule has 4 heteroatoms. The van der Waals surface area contributed by atoms with E-state index in [0.717, 1.165) is 28.2 Å². The number of hydrogen-bond acceptors (Lipinski definition) is 3. The SMILES string of the molecule is COc1c(C(C)(C)C)cc([S@@](=O)[C@@H]2C(=O)CC[C@H]2C(C)(C)C)cc1C(C)(C)C. The Labute approximate surface area is 174 Å². The Balaban J connectivity index is 2.68. The lowest BCUT2D eigenvalue weighted by atomic mass is 9.79. The van der Waals surface area contributed by atoms with E-state index in [2.05, 4.69) is 62.3 Å². The minimum atomic E-state index is -1.37. The summed E-state index contributed by atoms with van der Waals surface area (Å²) >= 11 is 0. The quantitative estimate of drug-likeness (QED) is 0.638.